The molecule has 0 aliphatic carbocycles. The second-order valence-corrected chi connectivity index (χ2v) is 3.92. The van der Waals surface area contributed by atoms with Crippen LogP contribution in [-0.4, -0.2) is 31.2 Å². The Bertz CT molecular complexity index is 475. The number of H-pyrrole nitrogens is 1. The van der Waals surface area contributed by atoms with Crippen LogP contribution < -0.4 is 0 Å². The first-order valence-corrected chi connectivity index (χ1v) is 5.06. The van der Waals surface area contributed by atoms with Crippen molar-refractivity contribution in [2.24, 2.45) is 7.05 Å². The molecule has 0 aromatic carbocycles. The number of carbonyl (C=O) groups is 1. The van der Waals surface area contributed by atoms with Crippen molar-refractivity contribution >= 4 is 18.0 Å². The van der Waals surface area contributed by atoms with Crippen LogP contribution >= 0.6 is 11.8 Å². The zero-order chi connectivity index (χ0) is 10.8. The Morgan fingerprint density at radius 2 is 2.40 bits per heavy atom. The lowest BCUT2D eigenvalue weighted by atomic mass is 10.3. The van der Waals surface area contributed by atoms with Crippen LogP contribution in [-0.2, 0) is 7.05 Å². The summed E-state index contributed by atoms with van der Waals surface area (Å²) in [7, 11) is 1.79. The second kappa shape index (κ2) is 3.85. The number of hydrogen-bond donors (Lipinski definition) is 1. The van der Waals surface area contributed by atoms with E-state index in [1.165, 1.54) is 18.1 Å². The fraction of sp³-hybridized carbons (Fsp3) is 0.250. The first-order chi connectivity index (χ1) is 7.22. The van der Waals surface area contributed by atoms with Gasteiger partial charge < -0.3 is 0 Å². The molecule has 0 bridgehead atoms. The predicted octanol–water partition coefficient (Wildman–Crippen LogP) is 0.810. The minimum absolute atomic E-state index is 0.596. The van der Waals surface area contributed by atoms with Gasteiger partial charge in [-0.1, -0.05) is 0 Å². The molecule has 2 heterocycles. The van der Waals surface area contributed by atoms with Gasteiger partial charge in [0.2, 0.25) is 0 Å². The van der Waals surface area contributed by atoms with Gasteiger partial charge >= 0.3 is 0 Å². The number of aromatic amines is 1. The van der Waals surface area contributed by atoms with Gasteiger partial charge in [-0.25, -0.2) is 4.98 Å². The fourth-order valence-corrected chi connectivity index (χ4v) is 2.11. The Morgan fingerprint density at radius 1 is 1.60 bits per heavy atom. The van der Waals surface area contributed by atoms with E-state index in [0.29, 0.717) is 10.7 Å². The molecule has 2 rings (SSSR count). The smallest absolute Gasteiger partial charge is 0.189 e. The highest BCUT2D eigenvalue weighted by atomic mass is 32.2. The maximum atomic E-state index is 10.9. The third kappa shape index (κ3) is 1.78. The number of hydrogen-bond acceptors (Lipinski definition) is 5. The number of carbonyl (C=O) groups excluding carboxylic acids is 1. The number of aryl methyl sites for hydroxylation is 2. The molecule has 6 nitrogen and oxygen atoms in total. The molecule has 0 radical (unpaired) electrons. The van der Waals surface area contributed by atoms with Crippen molar-refractivity contribution in [1.82, 2.24) is 25.0 Å². The molecule has 0 unspecified atom stereocenters. The van der Waals surface area contributed by atoms with Crippen molar-refractivity contribution in [3.8, 4) is 0 Å². The SMILES string of the molecule is Cc1nn(C)c(Sc2ncn[nH]2)c1C=O. The molecule has 15 heavy (non-hydrogen) atoms. The normalized spacial score (nSPS) is 10.5. The molecule has 0 aliphatic heterocycles. The number of rotatable bonds is 3. The van der Waals surface area contributed by atoms with Crippen molar-refractivity contribution in [2.75, 3.05) is 0 Å². The summed E-state index contributed by atoms with van der Waals surface area (Å²) < 4.78 is 1.66. The number of nitrogens with one attached hydrogen (secondary N) is 1. The van der Waals surface area contributed by atoms with Crippen molar-refractivity contribution in [3.05, 3.63) is 17.6 Å². The topological polar surface area (TPSA) is 76.5 Å². The lowest BCUT2D eigenvalue weighted by Gasteiger charge is -1.98. The molecule has 0 aliphatic rings. The Morgan fingerprint density at radius 3 is 3.00 bits per heavy atom. The summed E-state index contributed by atoms with van der Waals surface area (Å²) in [4.78, 5) is 14.9. The van der Waals surface area contributed by atoms with Gasteiger partial charge in [-0.05, 0) is 18.7 Å². The zero-order valence-electron chi connectivity index (χ0n) is 8.26. The molecular weight excluding hydrogens is 214 g/mol. The average molecular weight is 223 g/mol. The Hall–Kier alpha value is -1.63. The molecule has 1 N–H and O–H groups in total. The minimum Gasteiger partial charge on any atom is -0.298 e. The van der Waals surface area contributed by atoms with Crippen LogP contribution in [0.15, 0.2) is 16.5 Å². The van der Waals surface area contributed by atoms with Crippen molar-refractivity contribution in [3.63, 3.8) is 0 Å². The predicted molar refractivity (Wildman–Crippen MR) is 53.8 cm³/mol. The molecule has 0 amide bonds. The van der Waals surface area contributed by atoms with E-state index in [4.69, 9.17) is 0 Å². The van der Waals surface area contributed by atoms with Crippen molar-refractivity contribution < 1.29 is 4.79 Å². The first kappa shape index (κ1) is 9.91. The van der Waals surface area contributed by atoms with Crippen molar-refractivity contribution in [1.29, 1.82) is 0 Å². The van der Waals surface area contributed by atoms with Crippen LogP contribution in [0.3, 0.4) is 0 Å². The van der Waals surface area contributed by atoms with Gasteiger partial charge in [0, 0.05) is 7.05 Å². The van der Waals surface area contributed by atoms with Gasteiger partial charge in [0.05, 0.1) is 11.3 Å². The summed E-state index contributed by atoms with van der Waals surface area (Å²) in [6.45, 7) is 1.80. The summed E-state index contributed by atoms with van der Waals surface area (Å²) in [6.07, 6.45) is 2.23. The van der Waals surface area contributed by atoms with Crippen LogP contribution in [0.1, 0.15) is 16.1 Å². The monoisotopic (exact) mass is 223 g/mol. The van der Waals surface area contributed by atoms with Crippen LogP contribution in [0.5, 0.6) is 0 Å². The van der Waals surface area contributed by atoms with Crippen molar-refractivity contribution in [2.45, 2.75) is 17.1 Å². The zero-order valence-corrected chi connectivity index (χ0v) is 9.08. The second-order valence-electron chi connectivity index (χ2n) is 2.94. The molecular formula is C8H9N5OS. The van der Waals surface area contributed by atoms with E-state index in [0.717, 1.165) is 17.0 Å². The van der Waals surface area contributed by atoms with E-state index in [9.17, 15) is 4.79 Å². The number of aromatic nitrogens is 5. The molecule has 7 heteroatoms. The lowest BCUT2D eigenvalue weighted by Crippen LogP contribution is -1.93. The van der Waals surface area contributed by atoms with Crippen LogP contribution in [0.4, 0.5) is 0 Å². The lowest BCUT2D eigenvalue weighted by molar-refractivity contribution is 0.112. The van der Waals surface area contributed by atoms with E-state index >= 15 is 0 Å². The van der Waals surface area contributed by atoms with E-state index in [-0.39, 0.29) is 0 Å². The molecule has 0 spiro atoms. The molecule has 78 valence electrons. The quantitative estimate of drug-likeness (QED) is 0.779. The molecule has 0 fully saturated rings. The van der Waals surface area contributed by atoms with E-state index in [2.05, 4.69) is 20.3 Å². The molecule has 0 atom stereocenters. The third-order valence-corrected chi connectivity index (χ3v) is 2.99. The van der Waals surface area contributed by atoms with Gasteiger partial charge in [0.1, 0.15) is 11.4 Å². The highest BCUT2D eigenvalue weighted by Crippen LogP contribution is 2.27. The van der Waals surface area contributed by atoms with Gasteiger partial charge in [-0.15, -0.1) is 0 Å². The Balaban J connectivity index is 2.39. The van der Waals surface area contributed by atoms with Gasteiger partial charge in [-0.2, -0.15) is 10.2 Å². The fourth-order valence-electron chi connectivity index (χ4n) is 1.25. The van der Waals surface area contributed by atoms with E-state index in [1.807, 2.05) is 0 Å². The summed E-state index contributed by atoms with van der Waals surface area (Å²) in [5.41, 5.74) is 1.31. The summed E-state index contributed by atoms with van der Waals surface area (Å²) in [5.74, 6) is 0. The average Bonchev–Trinajstić information content (AvgIpc) is 2.77. The maximum Gasteiger partial charge on any atom is 0.189 e. The molecule has 0 saturated heterocycles. The van der Waals surface area contributed by atoms with Crippen LogP contribution in [0.25, 0.3) is 0 Å². The Labute approximate surface area is 90.1 Å². The largest absolute Gasteiger partial charge is 0.298 e. The molecule has 2 aromatic heterocycles. The highest BCUT2D eigenvalue weighted by molar-refractivity contribution is 7.99. The summed E-state index contributed by atoms with van der Waals surface area (Å²) >= 11 is 1.33. The maximum absolute atomic E-state index is 10.9. The number of aldehydes is 1. The van der Waals surface area contributed by atoms with Gasteiger partial charge in [-0.3, -0.25) is 14.6 Å². The van der Waals surface area contributed by atoms with E-state index < -0.39 is 0 Å². The van der Waals surface area contributed by atoms with Gasteiger partial charge in [0.25, 0.3) is 0 Å². The molecule has 2 aromatic rings. The number of nitrogens with zero attached hydrogens (tertiary/aromatic N) is 4. The summed E-state index contributed by atoms with van der Waals surface area (Å²) in [6, 6.07) is 0. The third-order valence-electron chi connectivity index (χ3n) is 1.92. The molecule has 0 saturated carbocycles. The van der Waals surface area contributed by atoms with Gasteiger partial charge in [0.15, 0.2) is 11.4 Å². The highest BCUT2D eigenvalue weighted by Gasteiger charge is 2.14. The standard InChI is InChI=1S/C8H9N5OS/c1-5-6(3-14)7(13(2)12-5)15-8-9-4-10-11-8/h3-4H,1-2H3,(H,9,10,11). The van der Waals surface area contributed by atoms with Crippen LogP contribution in [0, 0.1) is 6.92 Å². The minimum atomic E-state index is 0.596. The first-order valence-electron chi connectivity index (χ1n) is 4.24. The van der Waals surface area contributed by atoms with Crippen LogP contribution in [0.2, 0.25) is 0 Å². The van der Waals surface area contributed by atoms with E-state index in [1.54, 1.807) is 18.7 Å². The summed E-state index contributed by atoms with van der Waals surface area (Å²) in [5, 5.41) is 12.0. The Kier molecular flexibility index (Phi) is 2.55.